The molecule has 102 valence electrons. The molecule has 0 saturated carbocycles. The summed E-state index contributed by atoms with van der Waals surface area (Å²) >= 11 is 7.20. The smallest absolute Gasteiger partial charge is 0.122 e. The fourth-order valence-electron chi connectivity index (χ4n) is 1.81. The second-order valence-corrected chi connectivity index (χ2v) is 6.12. The summed E-state index contributed by atoms with van der Waals surface area (Å²) in [7, 11) is 0. The normalized spacial score (nSPS) is 12.6. The Kier molecular flexibility index (Phi) is 4.82. The van der Waals surface area contributed by atoms with Crippen LogP contribution in [0.1, 0.15) is 22.1 Å². The fourth-order valence-corrected chi connectivity index (χ4v) is 2.86. The van der Waals surface area contributed by atoms with Crippen molar-refractivity contribution in [2.24, 2.45) is 0 Å². The summed E-state index contributed by atoms with van der Waals surface area (Å²) in [6.07, 6.45) is -0.579. The third kappa shape index (κ3) is 3.70. The number of benzene rings is 1. The molecule has 0 amide bonds. The first-order valence-corrected chi connectivity index (χ1v) is 7.19. The van der Waals surface area contributed by atoms with E-state index in [1.165, 1.54) is 11.3 Å². The van der Waals surface area contributed by atoms with Crippen LogP contribution in [0.2, 0.25) is 4.34 Å². The van der Waals surface area contributed by atoms with Crippen LogP contribution in [-0.4, -0.2) is 16.8 Å². The number of aryl methyl sites for hydroxylation is 1. The first-order valence-electron chi connectivity index (χ1n) is 5.99. The second-order valence-electron chi connectivity index (χ2n) is 4.37. The molecular formula is C14H16ClNO2S. The Morgan fingerprint density at radius 1 is 1.32 bits per heavy atom. The van der Waals surface area contributed by atoms with Gasteiger partial charge in [0.2, 0.25) is 0 Å². The van der Waals surface area contributed by atoms with Crippen LogP contribution in [0.4, 0.5) is 0 Å². The number of thiophene rings is 1. The predicted molar refractivity (Wildman–Crippen MR) is 78.8 cm³/mol. The van der Waals surface area contributed by atoms with Crippen LogP contribution in [0, 0.1) is 6.92 Å². The van der Waals surface area contributed by atoms with Crippen molar-refractivity contribution >= 4 is 22.9 Å². The number of halogens is 1. The van der Waals surface area contributed by atoms with Gasteiger partial charge in [0, 0.05) is 23.5 Å². The Hall–Kier alpha value is -1.07. The number of aromatic hydroxyl groups is 1. The van der Waals surface area contributed by atoms with Crippen LogP contribution in [0.15, 0.2) is 30.3 Å². The maximum Gasteiger partial charge on any atom is 0.122 e. The van der Waals surface area contributed by atoms with Crippen molar-refractivity contribution in [2.45, 2.75) is 19.6 Å². The molecule has 0 aliphatic rings. The molecule has 1 atom stereocenters. The molecule has 2 aromatic rings. The predicted octanol–water partition coefficient (Wildman–Crippen LogP) is 3.24. The highest BCUT2D eigenvalue weighted by Crippen LogP contribution is 2.26. The van der Waals surface area contributed by atoms with E-state index in [4.69, 9.17) is 11.6 Å². The van der Waals surface area contributed by atoms with Gasteiger partial charge in [0.1, 0.15) is 11.9 Å². The molecule has 1 unspecified atom stereocenters. The molecule has 0 bridgehead atoms. The van der Waals surface area contributed by atoms with Crippen LogP contribution in [0.5, 0.6) is 5.75 Å². The monoisotopic (exact) mass is 297 g/mol. The van der Waals surface area contributed by atoms with Crippen molar-refractivity contribution in [1.29, 1.82) is 0 Å². The van der Waals surface area contributed by atoms with E-state index >= 15 is 0 Å². The third-order valence-corrected chi connectivity index (χ3v) is 4.23. The molecule has 0 aliphatic carbocycles. The first kappa shape index (κ1) is 14.3. The zero-order valence-electron chi connectivity index (χ0n) is 10.6. The maximum absolute atomic E-state index is 9.96. The highest BCUT2D eigenvalue weighted by Gasteiger charge is 2.10. The summed E-state index contributed by atoms with van der Waals surface area (Å²) in [6.45, 7) is 2.80. The molecule has 1 heterocycles. The van der Waals surface area contributed by atoms with E-state index in [9.17, 15) is 10.2 Å². The number of hydrogen-bond donors (Lipinski definition) is 3. The zero-order chi connectivity index (χ0) is 13.8. The van der Waals surface area contributed by atoms with E-state index in [1.807, 2.05) is 31.2 Å². The fraction of sp³-hybridized carbons (Fsp3) is 0.286. The van der Waals surface area contributed by atoms with Gasteiger partial charge in [0.25, 0.3) is 0 Å². The highest BCUT2D eigenvalue weighted by atomic mass is 35.5. The zero-order valence-corrected chi connectivity index (χ0v) is 12.1. The highest BCUT2D eigenvalue weighted by molar-refractivity contribution is 7.16. The summed E-state index contributed by atoms with van der Waals surface area (Å²) in [6, 6.07) is 9.23. The van der Waals surface area contributed by atoms with Crippen molar-refractivity contribution in [3.63, 3.8) is 0 Å². The van der Waals surface area contributed by atoms with E-state index in [2.05, 4.69) is 5.32 Å². The lowest BCUT2D eigenvalue weighted by Crippen LogP contribution is -2.20. The molecule has 3 N–H and O–H groups in total. The molecule has 1 aromatic carbocycles. The number of phenols is 1. The van der Waals surface area contributed by atoms with E-state index in [0.717, 1.165) is 16.0 Å². The lowest BCUT2D eigenvalue weighted by Gasteiger charge is -2.11. The van der Waals surface area contributed by atoms with Gasteiger partial charge in [-0.2, -0.15) is 0 Å². The lowest BCUT2D eigenvalue weighted by molar-refractivity contribution is 0.178. The summed E-state index contributed by atoms with van der Waals surface area (Å²) in [5.41, 5.74) is 1.68. The Morgan fingerprint density at radius 3 is 2.79 bits per heavy atom. The van der Waals surface area contributed by atoms with Crippen LogP contribution in [0.3, 0.4) is 0 Å². The summed E-state index contributed by atoms with van der Waals surface area (Å²) in [4.78, 5) is 0.839. The van der Waals surface area contributed by atoms with Gasteiger partial charge in [0.15, 0.2) is 0 Å². The minimum absolute atomic E-state index is 0.309. The minimum atomic E-state index is -0.579. The van der Waals surface area contributed by atoms with Crippen molar-refractivity contribution < 1.29 is 10.2 Å². The number of para-hydroxylation sites is 1. The SMILES string of the molecule is Cc1cccc(CNCC(O)c2ccc(Cl)s2)c1O. The van der Waals surface area contributed by atoms with E-state index in [-0.39, 0.29) is 0 Å². The molecule has 0 spiro atoms. The van der Waals surface area contributed by atoms with Gasteiger partial charge in [-0.05, 0) is 24.6 Å². The molecule has 0 saturated heterocycles. The molecule has 19 heavy (non-hydrogen) atoms. The molecule has 1 aromatic heterocycles. The Balaban J connectivity index is 1.88. The van der Waals surface area contributed by atoms with Crippen LogP contribution >= 0.6 is 22.9 Å². The maximum atomic E-state index is 9.96. The van der Waals surface area contributed by atoms with Crippen molar-refractivity contribution in [3.8, 4) is 5.75 Å². The largest absolute Gasteiger partial charge is 0.507 e. The summed E-state index contributed by atoms with van der Waals surface area (Å²) in [5, 5.41) is 23.0. The number of aliphatic hydroxyl groups is 1. The standard InChI is InChI=1S/C14H16ClNO2S/c1-9-3-2-4-10(14(9)18)7-16-8-11(17)12-5-6-13(15)19-12/h2-6,11,16-18H,7-8H2,1H3. The van der Waals surface area contributed by atoms with Gasteiger partial charge in [-0.25, -0.2) is 0 Å². The second kappa shape index (κ2) is 6.39. The average molecular weight is 298 g/mol. The molecule has 0 aliphatic heterocycles. The van der Waals surface area contributed by atoms with Gasteiger partial charge in [-0.15, -0.1) is 11.3 Å². The molecule has 5 heteroatoms. The third-order valence-electron chi connectivity index (χ3n) is 2.90. The number of phenolic OH excluding ortho intramolecular Hbond substituents is 1. The van der Waals surface area contributed by atoms with Crippen molar-refractivity contribution in [2.75, 3.05) is 6.54 Å². The topological polar surface area (TPSA) is 52.5 Å². The van der Waals surface area contributed by atoms with Crippen LogP contribution in [0.25, 0.3) is 0 Å². The summed E-state index contributed by atoms with van der Waals surface area (Å²) < 4.78 is 0.672. The lowest BCUT2D eigenvalue weighted by atomic mass is 10.1. The van der Waals surface area contributed by atoms with Gasteiger partial charge >= 0.3 is 0 Å². The average Bonchev–Trinajstić information content (AvgIpc) is 2.81. The summed E-state index contributed by atoms with van der Waals surface area (Å²) in [5.74, 6) is 0.309. The minimum Gasteiger partial charge on any atom is -0.507 e. The Morgan fingerprint density at radius 2 is 2.11 bits per heavy atom. The first-order chi connectivity index (χ1) is 9.08. The van der Waals surface area contributed by atoms with Gasteiger partial charge in [-0.3, -0.25) is 0 Å². The number of aliphatic hydroxyl groups excluding tert-OH is 1. The van der Waals surface area contributed by atoms with Gasteiger partial charge in [0.05, 0.1) is 4.34 Å². The molecule has 3 nitrogen and oxygen atoms in total. The Bertz CT molecular complexity index is 556. The number of hydrogen-bond acceptors (Lipinski definition) is 4. The molecule has 2 rings (SSSR count). The van der Waals surface area contributed by atoms with E-state index < -0.39 is 6.10 Å². The van der Waals surface area contributed by atoms with Gasteiger partial charge < -0.3 is 15.5 Å². The van der Waals surface area contributed by atoms with Crippen LogP contribution < -0.4 is 5.32 Å². The van der Waals surface area contributed by atoms with Crippen molar-refractivity contribution in [1.82, 2.24) is 5.32 Å². The molecular weight excluding hydrogens is 282 g/mol. The van der Waals surface area contributed by atoms with Crippen LogP contribution in [-0.2, 0) is 6.54 Å². The molecule has 0 radical (unpaired) electrons. The number of rotatable bonds is 5. The number of nitrogens with one attached hydrogen (secondary N) is 1. The quantitative estimate of drug-likeness (QED) is 0.794. The van der Waals surface area contributed by atoms with Crippen molar-refractivity contribution in [3.05, 3.63) is 50.7 Å². The molecule has 0 fully saturated rings. The van der Waals surface area contributed by atoms with E-state index in [1.54, 1.807) is 6.07 Å². The van der Waals surface area contributed by atoms with Gasteiger partial charge in [-0.1, -0.05) is 29.8 Å². The Labute approximate surface area is 121 Å². The van der Waals surface area contributed by atoms with E-state index in [0.29, 0.717) is 23.2 Å².